The SMILES string of the molecule is CCCCNC(=O)Nc1c(C)nn(Cc2cccc(OC)c2)c1C. The molecule has 2 N–H and O–H groups in total. The fourth-order valence-electron chi connectivity index (χ4n) is 2.51. The molecule has 2 rings (SSSR count). The number of hydrogen-bond acceptors (Lipinski definition) is 3. The Morgan fingerprint density at radius 2 is 2.12 bits per heavy atom. The van der Waals surface area contributed by atoms with Gasteiger partial charge in [-0.05, 0) is 38.0 Å². The molecule has 0 aliphatic carbocycles. The number of amides is 2. The van der Waals surface area contributed by atoms with E-state index in [0.29, 0.717) is 13.1 Å². The van der Waals surface area contributed by atoms with Crippen molar-refractivity contribution in [3.05, 3.63) is 41.2 Å². The van der Waals surface area contributed by atoms with E-state index in [9.17, 15) is 4.79 Å². The van der Waals surface area contributed by atoms with E-state index >= 15 is 0 Å². The van der Waals surface area contributed by atoms with Crippen molar-refractivity contribution in [2.45, 2.75) is 40.2 Å². The van der Waals surface area contributed by atoms with Crippen LogP contribution in [0.25, 0.3) is 0 Å². The fraction of sp³-hybridized carbons (Fsp3) is 0.444. The highest BCUT2D eigenvalue weighted by atomic mass is 16.5. The maximum absolute atomic E-state index is 12.0. The van der Waals surface area contributed by atoms with Crippen LogP contribution in [0.2, 0.25) is 0 Å². The Labute approximate surface area is 143 Å². The van der Waals surface area contributed by atoms with E-state index in [-0.39, 0.29) is 6.03 Å². The van der Waals surface area contributed by atoms with Crippen molar-refractivity contribution in [1.29, 1.82) is 0 Å². The minimum atomic E-state index is -0.185. The second kappa shape index (κ2) is 8.38. The summed E-state index contributed by atoms with van der Waals surface area (Å²) in [5, 5.41) is 10.3. The number of methoxy groups -OCH3 is 1. The predicted molar refractivity (Wildman–Crippen MR) is 95.7 cm³/mol. The van der Waals surface area contributed by atoms with Crippen LogP contribution < -0.4 is 15.4 Å². The molecular weight excluding hydrogens is 304 g/mol. The van der Waals surface area contributed by atoms with Gasteiger partial charge in [-0.25, -0.2) is 4.79 Å². The number of aryl methyl sites for hydroxylation is 1. The Morgan fingerprint density at radius 3 is 2.83 bits per heavy atom. The van der Waals surface area contributed by atoms with Crippen LogP contribution in [-0.4, -0.2) is 29.5 Å². The molecule has 0 bridgehead atoms. The smallest absolute Gasteiger partial charge is 0.319 e. The summed E-state index contributed by atoms with van der Waals surface area (Å²) in [5.74, 6) is 0.822. The van der Waals surface area contributed by atoms with E-state index in [0.717, 1.165) is 41.2 Å². The lowest BCUT2D eigenvalue weighted by atomic mass is 10.2. The number of nitrogens with one attached hydrogen (secondary N) is 2. The van der Waals surface area contributed by atoms with Gasteiger partial charge >= 0.3 is 6.03 Å². The number of urea groups is 1. The fourth-order valence-corrected chi connectivity index (χ4v) is 2.51. The molecule has 0 atom stereocenters. The van der Waals surface area contributed by atoms with Crippen molar-refractivity contribution in [3.63, 3.8) is 0 Å². The molecule has 2 aromatic rings. The van der Waals surface area contributed by atoms with Crippen molar-refractivity contribution in [3.8, 4) is 5.75 Å². The number of carbonyl (C=O) groups is 1. The summed E-state index contributed by atoms with van der Waals surface area (Å²) in [4.78, 5) is 12.0. The average molecular weight is 330 g/mol. The number of unbranched alkanes of at least 4 members (excludes halogenated alkanes) is 1. The zero-order valence-corrected chi connectivity index (χ0v) is 14.8. The number of carbonyl (C=O) groups excluding carboxylic acids is 1. The third-order valence-electron chi connectivity index (χ3n) is 3.90. The van der Waals surface area contributed by atoms with Gasteiger partial charge in [-0.1, -0.05) is 25.5 Å². The lowest BCUT2D eigenvalue weighted by Gasteiger charge is -2.09. The summed E-state index contributed by atoms with van der Waals surface area (Å²) in [5.41, 5.74) is 3.60. The normalized spacial score (nSPS) is 10.5. The Hall–Kier alpha value is -2.50. The van der Waals surface area contributed by atoms with Gasteiger partial charge in [0.2, 0.25) is 0 Å². The second-order valence-corrected chi connectivity index (χ2v) is 5.79. The number of ether oxygens (including phenoxy) is 1. The Balaban J connectivity index is 2.09. The highest BCUT2D eigenvalue weighted by molar-refractivity contribution is 5.90. The third-order valence-corrected chi connectivity index (χ3v) is 3.90. The molecule has 2 amide bonds. The summed E-state index contributed by atoms with van der Waals surface area (Å²) >= 11 is 0. The lowest BCUT2D eigenvalue weighted by molar-refractivity contribution is 0.252. The number of rotatable bonds is 7. The molecule has 1 aromatic heterocycles. The van der Waals surface area contributed by atoms with Crippen molar-refractivity contribution < 1.29 is 9.53 Å². The second-order valence-electron chi connectivity index (χ2n) is 5.79. The van der Waals surface area contributed by atoms with E-state index < -0.39 is 0 Å². The summed E-state index contributed by atoms with van der Waals surface area (Å²) < 4.78 is 7.15. The zero-order chi connectivity index (χ0) is 17.5. The number of aromatic nitrogens is 2. The van der Waals surface area contributed by atoms with Crippen molar-refractivity contribution >= 4 is 11.7 Å². The summed E-state index contributed by atoms with van der Waals surface area (Å²) in [6.45, 7) is 7.26. The van der Waals surface area contributed by atoms with Gasteiger partial charge in [-0.3, -0.25) is 4.68 Å². The van der Waals surface area contributed by atoms with Crippen LogP contribution in [0.1, 0.15) is 36.7 Å². The molecule has 0 radical (unpaired) electrons. The maximum atomic E-state index is 12.0. The molecule has 0 saturated heterocycles. The summed E-state index contributed by atoms with van der Waals surface area (Å²) in [6, 6.07) is 7.71. The van der Waals surface area contributed by atoms with Gasteiger partial charge in [-0.15, -0.1) is 0 Å². The molecule has 24 heavy (non-hydrogen) atoms. The quantitative estimate of drug-likeness (QED) is 0.764. The van der Waals surface area contributed by atoms with Gasteiger partial charge in [-0.2, -0.15) is 5.10 Å². The highest BCUT2D eigenvalue weighted by Gasteiger charge is 2.14. The van der Waals surface area contributed by atoms with Gasteiger partial charge in [0.25, 0.3) is 0 Å². The Morgan fingerprint density at radius 1 is 1.33 bits per heavy atom. The molecule has 6 nitrogen and oxygen atoms in total. The van der Waals surface area contributed by atoms with Gasteiger partial charge in [0, 0.05) is 6.54 Å². The largest absolute Gasteiger partial charge is 0.497 e. The third kappa shape index (κ3) is 4.50. The number of benzene rings is 1. The summed E-state index contributed by atoms with van der Waals surface area (Å²) in [6.07, 6.45) is 2.03. The van der Waals surface area contributed by atoms with Gasteiger partial charge in [0.1, 0.15) is 5.75 Å². The highest BCUT2D eigenvalue weighted by Crippen LogP contribution is 2.21. The van der Waals surface area contributed by atoms with E-state index in [1.54, 1.807) is 7.11 Å². The minimum absolute atomic E-state index is 0.185. The zero-order valence-electron chi connectivity index (χ0n) is 14.8. The first kappa shape index (κ1) is 17.8. The number of hydrogen-bond donors (Lipinski definition) is 2. The average Bonchev–Trinajstić information content (AvgIpc) is 2.83. The van der Waals surface area contributed by atoms with E-state index in [2.05, 4.69) is 22.7 Å². The van der Waals surface area contributed by atoms with E-state index in [1.807, 2.05) is 42.8 Å². The Kier molecular flexibility index (Phi) is 6.23. The standard InChI is InChI=1S/C18H26N4O2/c1-5-6-10-19-18(23)20-17-13(2)21-22(14(17)3)12-15-8-7-9-16(11-15)24-4/h7-9,11H,5-6,10,12H2,1-4H3,(H2,19,20,23). The van der Waals surface area contributed by atoms with Crippen molar-refractivity contribution in [2.75, 3.05) is 19.0 Å². The predicted octanol–water partition coefficient (Wildman–Crippen LogP) is 3.48. The molecule has 0 saturated carbocycles. The molecule has 0 aliphatic heterocycles. The summed E-state index contributed by atoms with van der Waals surface area (Å²) in [7, 11) is 1.65. The van der Waals surface area contributed by atoms with Gasteiger partial charge in [0.05, 0.1) is 30.7 Å². The van der Waals surface area contributed by atoms with Crippen molar-refractivity contribution in [1.82, 2.24) is 15.1 Å². The van der Waals surface area contributed by atoms with Gasteiger partial charge in [0.15, 0.2) is 0 Å². The van der Waals surface area contributed by atoms with Gasteiger partial charge < -0.3 is 15.4 Å². The molecule has 0 fully saturated rings. The number of nitrogens with zero attached hydrogens (tertiary/aromatic N) is 2. The van der Waals surface area contributed by atoms with Crippen LogP contribution in [0.3, 0.4) is 0 Å². The molecular formula is C18H26N4O2. The molecule has 0 spiro atoms. The molecule has 130 valence electrons. The van der Waals surface area contributed by atoms with E-state index in [1.165, 1.54) is 0 Å². The first-order chi connectivity index (χ1) is 11.5. The molecule has 0 aliphatic rings. The minimum Gasteiger partial charge on any atom is -0.497 e. The van der Waals surface area contributed by atoms with Crippen LogP contribution in [0.15, 0.2) is 24.3 Å². The Bertz CT molecular complexity index is 694. The molecule has 1 aromatic carbocycles. The van der Waals surface area contributed by atoms with Crippen LogP contribution in [0.5, 0.6) is 5.75 Å². The molecule has 0 unspecified atom stereocenters. The van der Waals surface area contributed by atoms with E-state index in [4.69, 9.17) is 4.74 Å². The topological polar surface area (TPSA) is 68.2 Å². The van der Waals surface area contributed by atoms with Crippen LogP contribution in [0, 0.1) is 13.8 Å². The van der Waals surface area contributed by atoms with Crippen LogP contribution in [0.4, 0.5) is 10.5 Å². The first-order valence-electron chi connectivity index (χ1n) is 8.27. The van der Waals surface area contributed by atoms with Crippen LogP contribution >= 0.6 is 0 Å². The lowest BCUT2D eigenvalue weighted by Crippen LogP contribution is -2.29. The van der Waals surface area contributed by atoms with Crippen LogP contribution in [-0.2, 0) is 6.54 Å². The van der Waals surface area contributed by atoms with Crippen molar-refractivity contribution in [2.24, 2.45) is 0 Å². The maximum Gasteiger partial charge on any atom is 0.319 e. The monoisotopic (exact) mass is 330 g/mol. The molecule has 1 heterocycles. The molecule has 6 heteroatoms. The first-order valence-corrected chi connectivity index (χ1v) is 8.27. The number of anilines is 1.